The molecule has 0 bridgehead atoms. The largest absolute Gasteiger partial charge is 0.437 e. The van der Waals surface area contributed by atoms with Crippen LogP contribution in [-0.4, -0.2) is 72.5 Å². The molecular weight excluding hydrogens is 391 g/mol. The minimum Gasteiger partial charge on any atom is -0.437 e. The molecule has 8 nitrogen and oxygen atoms in total. The highest BCUT2D eigenvalue weighted by atomic mass is 19.1. The number of carbonyl (C=O) groups excluding carboxylic acids is 2. The van der Waals surface area contributed by atoms with Gasteiger partial charge in [-0.15, -0.1) is 0 Å². The van der Waals surface area contributed by atoms with E-state index >= 15 is 0 Å². The van der Waals surface area contributed by atoms with Crippen molar-refractivity contribution in [3.63, 3.8) is 0 Å². The van der Waals surface area contributed by atoms with Gasteiger partial charge in [-0.25, -0.2) is 9.37 Å². The first kappa shape index (κ1) is 20.5. The van der Waals surface area contributed by atoms with Gasteiger partial charge in [0, 0.05) is 38.2 Å². The highest BCUT2D eigenvalue weighted by Crippen LogP contribution is 2.22. The molecule has 1 aromatic heterocycles. The maximum absolute atomic E-state index is 13.5. The number of benzene rings is 1. The van der Waals surface area contributed by atoms with Gasteiger partial charge in [0.05, 0.1) is 19.3 Å². The molecule has 2 amide bonds. The second-order valence-corrected chi connectivity index (χ2v) is 7.79. The Hall–Kier alpha value is -2.78. The number of hydrogen-bond acceptors (Lipinski definition) is 6. The van der Waals surface area contributed by atoms with Gasteiger partial charge < -0.3 is 24.3 Å². The van der Waals surface area contributed by atoms with Crippen LogP contribution in [0.25, 0.3) is 0 Å². The summed E-state index contributed by atoms with van der Waals surface area (Å²) in [6, 6.07) is 4.32. The van der Waals surface area contributed by atoms with E-state index in [2.05, 4.69) is 15.2 Å². The molecule has 3 heterocycles. The van der Waals surface area contributed by atoms with Crippen molar-refractivity contribution in [2.24, 2.45) is 0 Å². The molecule has 1 atom stereocenters. The molecule has 0 spiro atoms. The van der Waals surface area contributed by atoms with Gasteiger partial charge in [0.25, 0.3) is 11.8 Å². The number of aryl methyl sites for hydroxylation is 1. The summed E-state index contributed by atoms with van der Waals surface area (Å²) in [5.41, 5.74) is 1.43. The smallest absolute Gasteiger partial charge is 0.307 e. The van der Waals surface area contributed by atoms with Crippen LogP contribution >= 0.6 is 0 Å². The summed E-state index contributed by atoms with van der Waals surface area (Å²) < 4.78 is 24.8. The van der Waals surface area contributed by atoms with Crippen molar-refractivity contribution < 1.29 is 23.1 Å². The number of fused-ring (bicyclic) bond motifs is 1. The van der Waals surface area contributed by atoms with Crippen LogP contribution in [0.1, 0.15) is 38.1 Å². The van der Waals surface area contributed by atoms with E-state index < -0.39 is 5.91 Å². The normalized spacial score (nSPS) is 19.4. The van der Waals surface area contributed by atoms with E-state index in [1.54, 1.807) is 17.9 Å². The van der Waals surface area contributed by atoms with Gasteiger partial charge in [0.2, 0.25) is 0 Å². The second-order valence-electron chi connectivity index (χ2n) is 7.79. The summed E-state index contributed by atoms with van der Waals surface area (Å²) in [7, 11) is 2.01. The Kier molecular flexibility index (Phi) is 5.83. The SMILES string of the molecule is Cc1cc(C(=O)N2CCc3oc(C(=O)NC[C@@H]4CN(C)CCO4)nc3C2)ccc1F. The van der Waals surface area contributed by atoms with Crippen LogP contribution in [0.4, 0.5) is 4.39 Å². The molecule has 9 heteroatoms. The number of ether oxygens (including phenoxy) is 1. The minimum atomic E-state index is -0.395. The van der Waals surface area contributed by atoms with Crippen molar-refractivity contribution >= 4 is 11.8 Å². The Labute approximate surface area is 174 Å². The molecule has 1 fully saturated rings. The first-order chi connectivity index (χ1) is 14.4. The molecule has 1 N–H and O–H groups in total. The van der Waals surface area contributed by atoms with Gasteiger partial charge in [0.1, 0.15) is 17.3 Å². The standard InChI is InChI=1S/C21H25FN4O4/c1-13-9-14(3-4-16(13)22)21(28)26-6-5-18-17(12-26)24-20(30-18)19(27)23-10-15-11-25(2)7-8-29-15/h3-4,9,15H,5-8,10-12H2,1-2H3,(H,23,27)/t15-/m1/s1. The van der Waals surface area contributed by atoms with Gasteiger partial charge in [-0.3, -0.25) is 9.59 Å². The number of rotatable bonds is 4. The summed E-state index contributed by atoms with van der Waals surface area (Å²) in [4.78, 5) is 33.3. The third kappa shape index (κ3) is 4.36. The number of halogens is 1. The zero-order valence-electron chi connectivity index (χ0n) is 17.1. The second kappa shape index (κ2) is 8.53. The Morgan fingerprint density at radius 3 is 2.93 bits per heavy atom. The number of oxazole rings is 1. The molecule has 0 saturated carbocycles. The number of nitrogens with one attached hydrogen (secondary N) is 1. The van der Waals surface area contributed by atoms with Crippen LogP contribution in [0.3, 0.4) is 0 Å². The summed E-state index contributed by atoms with van der Waals surface area (Å²) in [6.45, 7) is 4.97. The fourth-order valence-corrected chi connectivity index (χ4v) is 3.70. The topological polar surface area (TPSA) is 87.9 Å². The number of aromatic nitrogens is 1. The lowest BCUT2D eigenvalue weighted by Gasteiger charge is -2.29. The molecule has 2 aromatic rings. The Morgan fingerprint density at radius 2 is 2.17 bits per heavy atom. The predicted octanol–water partition coefficient (Wildman–Crippen LogP) is 1.38. The minimum absolute atomic E-state index is 0.00362. The highest BCUT2D eigenvalue weighted by molar-refractivity contribution is 5.94. The molecule has 160 valence electrons. The van der Waals surface area contributed by atoms with Crippen molar-refractivity contribution in [2.75, 3.05) is 39.8 Å². The van der Waals surface area contributed by atoms with Crippen LogP contribution < -0.4 is 5.32 Å². The molecule has 1 aromatic carbocycles. The third-order valence-electron chi connectivity index (χ3n) is 5.45. The Balaban J connectivity index is 1.38. The molecule has 2 aliphatic heterocycles. The summed E-state index contributed by atoms with van der Waals surface area (Å²) in [5.74, 6) is -0.321. The van der Waals surface area contributed by atoms with E-state index in [1.807, 2.05) is 7.05 Å². The van der Waals surface area contributed by atoms with Crippen LogP contribution in [0.2, 0.25) is 0 Å². The van der Waals surface area contributed by atoms with Crippen molar-refractivity contribution in [3.8, 4) is 0 Å². The predicted molar refractivity (Wildman–Crippen MR) is 106 cm³/mol. The fourth-order valence-electron chi connectivity index (χ4n) is 3.70. The van der Waals surface area contributed by atoms with Crippen LogP contribution in [0.5, 0.6) is 0 Å². The van der Waals surface area contributed by atoms with Gasteiger partial charge >= 0.3 is 5.91 Å². The number of carbonyl (C=O) groups is 2. The zero-order valence-corrected chi connectivity index (χ0v) is 17.1. The maximum Gasteiger partial charge on any atom is 0.307 e. The molecular formula is C21H25FN4O4. The van der Waals surface area contributed by atoms with Crippen molar-refractivity contribution in [2.45, 2.75) is 26.0 Å². The Bertz CT molecular complexity index is 960. The van der Waals surface area contributed by atoms with Crippen LogP contribution in [0.15, 0.2) is 22.6 Å². The lowest BCUT2D eigenvalue weighted by molar-refractivity contribution is -0.0176. The first-order valence-electron chi connectivity index (χ1n) is 10.0. The summed E-state index contributed by atoms with van der Waals surface area (Å²) in [5, 5.41) is 2.81. The molecule has 30 heavy (non-hydrogen) atoms. The average molecular weight is 416 g/mol. The molecule has 1 saturated heterocycles. The lowest BCUT2D eigenvalue weighted by atomic mass is 10.1. The van der Waals surface area contributed by atoms with E-state index in [1.165, 1.54) is 12.1 Å². The number of amides is 2. The number of hydrogen-bond donors (Lipinski definition) is 1. The third-order valence-corrected chi connectivity index (χ3v) is 5.45. The maximum atomic E-state index is 13.5. The average Bonchev–Trinajstić information content (AvgIpc) is 3.17. The van der Waals surface area contributed by atoms with Gasteiger partial charge in [-0.05, 0) is 37.7 Å². The molecule has 0 unspecified atom stereocenters. The quantitative estimate of drug-likeness (QED) is 0.810. The van der Waals surface area contributed by atoms with E-state index in [0.29, 0.717) is 48.7 Å². The van der Waals surface area contributed by atoms with Gasteiger partial charge in [-0.2, -0.15) is 0 Å². The fraction of sp³-hybridized carbons (Fsp3) is 0.476. The van der Waals surface area contributed by atoms with Gasteiger partial charge in [0.15, 0.2) is 0 Å². The van der Waals surface area contributed by atoms with Crippen molar-refractivity contribution in [3.05, 3.63) is 52.5 Å². The van der Waals surface area contributed by atoms with Crippen molar-refractivity contribution in [1.82, 2.24) is 20.1 Å². The first-order valence-corrected chi connectivity index (χ1v) is 10.0. The monoisotopic (exact) mass is 416 g/mol. The van der Waals surface area contributed by atoms with E-state index in [-0.39, 0.29) is 30.3 Å². The Morgan fingerprint density at radius 1 is 1.33 bits per heavy atom. The number of nitrogens with zero attached hydrogens (tertiary/aromatic N) is 3. The summed E-state index contributed by atoms with van der Waals surface area (Å²) in [6.07, 6.45) is 0.405. The molecule has 2 aliphatic rings. The molecule has 0 aliphatic carbocycles. The summed E-state index contributed by atoms with van der Waals surface area (Å²) >= 11 is 0. The highest BCUT2D eigenvalue weighted by Gasteiger charge is 2.28. The van der Waals surface area contributed by atoms with E-state index in [4.69, 9.17) is 9.15 Å². The van der Waals surface area contributed by atoms with E-state index in [9.17, 15) is 14.0 Å². The van der Waals surface area contributed by atoms with Crippen LogP contribution in [0, 0.1) is 12.7 Å². The van der Waals surface area contributed by atoms with Gasteiger partial charge in [-0.1, -0.05) is 0 Å². The van der Waals surface area contributed by atoms with Crippen molar-refractivity contribution in [1.29, 1.82) is 0 Å². The number of morpholine rings is 1. The van der Waals surface area contributed by atoms with Crippen LogP contribution in [-0.2, 0) is 17.7 Å². The lowest BCUT2D eigenvalue weighted by Crippen LogP contribution is -2.46. The zero-order chi connectivity index (χ0) is 21.3. The van der Waals surface area contributed by atoms with E-state index in [0.717, 1.165) is 13.1 Å². The number of likely N-dealkylation sites (N-methyl/N-ethyl adjacent to an activating group) is 1. The molecule has 4 rings (SSSR count). The molecule has 0 radical (unpaired) electrons.